The number of carboxylic acid groups (broad SMARTS) is 1. The molecule has 0 radical (unpaired) electrons. The van der Waals surface area contributed by atoms with Crippen molar-refractivity contribution in [1.29, 1.82) is 0 Å². The highest BCUT2D eigenvalue weighted by Crippen LogP contribution is 2.48. The molecule has 0 fully saturated rings. The van der Waals surface area contributed by atoms with E-state index in [0.717, 1.165) is 11.3 Å². The van der Waals surface area contributed by atoms with Crippen LogP contribution in [0.3, 0.4) is 0 Å². The number of methoxy groups -OCH3 is 1. The van der Waals surface area contributed by atoms with Crippen molar-refractivity contribution in [2.24, 2.45) is 11.5 Å². The molecule has 6 nitrogen and oxygen atoms in total. The molecule has 3 aromatic rings. The van der Waals surface area contributed by atoms with Crippen molar-refractivity contribution in [2.75, 3.05) is 25.2 Å². The molecule has 3 rings (SSSR count). The van der Waals surface area contributed by atoms with Crippen LogP contribution in [0.25, 0.3) is 0 Å². The summed E-state index contributed by atoms with van der Waals surface area (Å²) in [7, 11) is 1.67. The Labute approximate surface area is 210 Å². The first-order valence-electron chi connectivity index (χ1n) is 10.7. The molecule has 6 N–H and O–H groups in total. The summed E-state index contributed by atoms with van der Waals surface area (Å²) < 4.78 is 4.92. The van der Waals surface area contributed by atoms with E-state index in [1.807, 2.05) is 24.3 Å². The maximum absolute atomic E-state index is 9.76. The van der Waals surface area contributed by atoms with Gasteiger partial charge in [-0.15, -0.1) is 11.8 Å². The second-order valence-electron chi connectivity index (χ2n) is 7.52. The van der Waals surface area contributed by atoms with Gasteiger partial charge in [0, 0.05) is 17.5 Å². The molecule has 0 bridgehead atoms. The van der Waals surface area contributed by atoms with Crippen LogP contribution in [-0.4, -0.2) is 53.5 Å². The zero-order chi connectivity index (χ0) is 25.0. The number of ether oxygens (including phenoxy) is 1. The van der Waals surface area contributed by atoms with Gasteiger partial charge in [-0.25, -0.2) is 0 Å². The van der Waals surface area contributed by atoms with E-state index >= 15 is 0 Å². The number of nitrogens with two attached hydrogens (primary N) is 2. The van der Waals surface area contributed by atoms with Crippen molar-refractivity contribution in [3.63, 3.8) is 0 Å². The molecule has 0 saturated heterocycles. The quantitative estimate of drug-likeness (QED) is 0.214. The van der Waals surface area contributed by atoms with E-state index in [2.05, 4.69) is 73.3 Å². The molecule has 0 spiro atoms. The Morgan fingerprint density at radius 1 is 0.941 bits per heavy atom. The molecule has 0 unspecified atom stereocenters. The van der Waals surface area contributed by atoms with E-state index in [0.29, 0.717) is 5.75 Å². The fraction of sp³-hybridized carbons (Fsp3) is 0.269. The highest BCUT2D eigenvalue weighted by atomic mass is 32.2. The first-order chi connectivity index (χ1) is 16.4. The van der Waals surface area contributed by atoms with Crippen molar-refractivity contribution in [3.8, 4) is 5.75 Å². The Balaban J connectivity index is 0.000000509. The molecule has 0 amide bonds. The van der Waals surface area contributed by atoms with Gasteiger partial charge in [-0.3, -0.25) is 4.79 Å². The highest BCUT2D eigenvalue weighted by molar-refractivity contribution is 8.00. The summed E-state index contributed by atoms with van der Waals surface area (Å²) in [5.74, 6) is 0.641. The number of hydrogen-bond acceptors (Lipinski definition) is 7. The summed E-state index contributed by atoms with van der Waals surface area (Å²) in [4.78, 5) is 9.76. The zero-order valence-corrected chi connectivity index (χ0v) is 20.8. The third-order valence-corrected chi connectivity index (χ3v) is 7.25. The maximum Gasteiger partial charge on any atom is 0.321 e. The molecular weight excluding hydrogens is 468 g/mol. The molecule has 0 aliphatic heterocycles. The number of aliphatic hydroxyl groups excluding tert-OH is 1. The van der Waals surface area contributed by atoms with E-state index in [4.69, 9.17) is 21.3 Å². The van der Waals surface area contributed by atoms with Gasteiger partial charge in [0.15, 0.2) is 0 Å². The largest absolute Gasteiger partial charge is 0.497 e. The van der Waals surface area contributed by atoms with Gasteiger partial charge in [-0.2, -0.15) is 12.6 Å². The van der Waals surface area contributed by atoms with E-state index in [-0.39, 0.29) is 18.4 Å². The summed E-state index contributed by atoms with van der Waals surface area (Å²) in [5.41, 5.74) is 14.5. The van der Waals surface area contributed by atoms with Crippen LogP contribution in [0.5, 0.6) is 5.75 Å². The van der Waals surface area contributed by atoms with Crippen LogP contribution in [0.1, 0.15) is 16.7 Å². The molecule has 0 aliphatic carbocycles. The summed E-state index contributed by atoms with van der Waals surface area (Å²) >= 11 is 5.40. The number of aliphatic hydroxyl groups is 1. The lowest BCUT2D eigenvalue weighted by molar-refractivity contribution is -0.137. The first-order valence-corrected chi connectivity index (χ1v) is 12.4. The fourth-order valence-electron chi connectivity index (χ4n) is 3.28. The Morgan fingerprint density at radius 3 is 1.76 bits per heavy atom. The third-order valence-electron chi connectivity index (χ3n) is 5.12. The van der Waals surface area contributed by atoms with Crippen LogP contribution in [0.15, 0.2) is 84.9 Å². The van der Waals surface area contributed by atoms with Gasteiger partial charge < -0.3 is 26.4 Å². The van der Waals surface area contributed by atoms with Crippen molar-refractivity contribution in [1.82, 2.24) is 0 Å². The van der Waals surface area contributed by atoms with Gasteiger partial charge in [0.05, 0.1) is 18.5 Å². The predicted molar refractivity (Wildman–Crippen MR) is 143 cm³/mol. The first kappa shape index (κ1) is 27.8. The lowest BCUT2D eigenvalue weighted by atomic mass is 9.84. The smallest absolute Gasteiger partial charge is 0.321 e. The number of thiol groups is 1. The second kappa shape index (κ2) is 14.0. The lowest BCUT2D eigenvalue weighted by Gasteiger charge is -2.36. The van der Waals surface area contributed by atoms with Gasteiger partial charge in [-0.05, 0) is 28.8 Å². The number of aliphatic carboxylic acids is 1. The molecule has 0 aromatic heterocycles. The molecule has 8 heteroatoms. The van der Waals surface area contributed by atoms with Gasteiger partial charge in [-0.1, -0.05) is 72.8 Å². The van der Waals surface area contributed by atoms with Crippen LogP contribution < -0.4 is 16.2 Å². The Kier molecular flexibility index (Phi) is 11.5. The normalized spacial score (nSPS) is 12.7. The van der Waals surface area contributed by atoms with E-state index in [1.165, 1.54) is 11.1 Å². The van der Waals surface area contributed by atoms with Gasteiger partial charge >= 0.3 is 5.97 Å². The summed E-state index contributed by atoms with van der Waals surface area (Å²) in [6.45, 7) is -0.0325. The standard InChI is InChI=1S/C23H25NO2S.C3H7NO2S/c1-26-22-14-12-20(13-15-22)23(27-17-21(24)16-25,18-8-4-2-5-9-18)19-10-6-3-7-11-19;4-2(1-7)3(5)6/h2-15,21,25H,16-17,24H2,1H3;2,7H,1,4H2,(H,5,6)/t21-;2-/m10/s1. The molecule has 2 atom stereocenters. The monoisotopic (exact) mass is 500 g/mol. The van der Waals surface area contributed by atoms with Crippen molar-refractivity contribution < 1.29 is 19.7 Å². The highest BCUT2D eigenvalue weighted by Gasteiger charge is 2.37. The lowest BCUT2D eigenvalue weighted by Crippen LogP contribution is -2.32. The predicted octanol–water partition coefficient (Wildman–Crippen LogP) is 3.37. The van der Waals surface area contributed by atoms with E-state index in [1.54, 1.807) is 18.9 Å². The number of benzene rings is 3. The maximum atomic E-state index is 9.76. The molecule has 0 saturated carbocycles. The SMILES string of the molecule is COc1ccc(C(SC[C@H](N)CO)(c2ccccc2)c2ccccc2)cc1.N[C@@H](CS)C(=O)O. The molecule has 3 aromatic carbocycles. The minimum Gasteiger partial charge on any atom is -0.497 e. The minimum absolute atomic E-state index is 0.0325. The van der Waals surface area contributed by atoms with Gasteiger partial charge in [0.1, 0.15) is 11.8 Å². The summed E-state index contributed by atoms with van der Waals surface area (Å²) in [5, 5.41) is 17.5. The Morgan fingerprint density at radius 2 is 1.41 bits per heavy atom. The van der Waals surface area contributed by atoms with Crippen LogP contribution in [0.4, 0.5) is 0 Å². The van der Waals surface area contributed by atoms with Gasteiger partial charge in [0.2, 0.25) is 0 Å². The van der Waals surface area contributed by atoms with Crippen molar-refractivity contribution >= 4 is 30.4 Å². The average molecular weight is 501 g/mol. The van der Waals surface area contributed by atoms with Crippen LogP contribution in [-0.2, 0) is 9.54 Å². The Bertz CT molecular complexity index is 949. The number of hydrogen-bond donors (Lipinski definition) is 5. The zero-order valence-electron chi connectivity index (χ0n) is 19.1. The van der Waals surface area contributed by atoms with E-state index < -0.39 is 16.8 Å². The molecule has 34 heavy (non-hydrogen) atoms. The number of carboxylic acids is 1. The van der Waals surface area contributed by atoms with Crippen LogP contribution in [0, 0.1) is 0 Å². The molecule has 0 heterocycles. The molecule has 182 valence electrons. The van der Waals surface area contributed by atoms with Crippen LogP contribution in [0.2, 0.25) is 0 Å². The number of thioether (sulfide) groups is 1. The molecular formula is C26H32N2O4S2. The third kappa shape index (κ3) is 7.25. The topological polar surface area (TPSA) is 119 Å². The number of carbonyl (C=O) groups is 1. The molecule has 0 aliphatic rings. The Hall–Kier alpha value is -2.49. The second-order valence-corrected chi connectivity index (χ2v) is 9.12. The average Bonchev–Trinajstić information content (AvgIpc) is 2.90. The summed E-state index contributed by atoms with van der Waals surface area (Å²) in [6.07, 6.45) is 0. The van der Waals surface area contributed by atoms with Crippen molar-refractivity contribution in [2.45, 2.75) is 16.8 Å². The fourth-order valence-corrected chi connectivity index (χ4v) is 4.92. The van der Waals surface area contributed by atoms with Gasteiger partial charge in [0.25, 0.3) is 0 Å². The summed E-state index contributed by atoms with van der Waals surface area (Å²) in [6, 6.07) is 28.0. The van der Waals surface area contributed by atoms with E-state index in [9.17, 15) is 9.90 Å². The number of rotatable bonds is 10. The van der Waals surface area contributed by atoms with Crippen molar-refractivity contribution in [3.05, 3.63) is 102 Å². The van der Waals surface area contributed by atoms with Crippen LogP contribution >= 0.6 is 24.4 Å². The minimum atomic E-state index is -1.00.